The second-order valence-corrected chi connectivity index (χ2v) is 11.2. The van der Waals surface area contributed by atoms with Crippen molar-refractivity contribution in [3.63, 3.8) is 0 Å². The van der Waals surface area contributed by atoms with Crippen molar-refractivity contribution in [3.05, 3.63) is 102 Å². The molecule has 0 spiro atoms. The number of ether oxygens (including phenoxy) is 2. The van der Waals surface area contributed by atoms with Crippen LogP contribution in [-0.4, -0.2) is 38.5 Å². The van der Waals surface area contributed by atoms with Crippen LogP contribution in [0.15, 0.2) is 95.9 Å². The molecule has 0 atom stereocenters. The van der Waals surface area contributed by atoms with Gasteiger partial charge in [0.1, 0.15) is 11.5 Å². The molecule has 1 aromatic heterocycles. The van der Waals surface area contributed by atoms with E-state index in [4.69, 9.17) is 9.47 Å². The Balaban J connectivity index is 1.42. The average molecular weight is 584 g/mol. The van der Waals surface area contributed by atoms with E-state index in [-0.39, 0.29) is 28.9 Å². The summed E-state index contributed by atoms with van der Waals surface area (Å²) >= 11 is 0. The van der Waals surface area contributed by atoms with Crippen molar-refractivity contribution in [1.29, 1.82) is 0 Å². The number of para-hydroxylation sites is 2. The summed E-state index contributed by atoms with van der Waals surface area (Å²) in [4.78, 5) is 21.7. The minimum Gasteiger partial charge on any atom is -0.497 e. The maximum atomic E-state index is 13.5. The van der Waals surface area contributed by atoms with E-state index in [1.54, 1.807) is 48.5 Å². The van der Waals surface area contributed by atoms with Crippen LogP contribution in [-0.2, 0) is 21.2 Å². The molecule has 3 N–H and O–H groups in total. The zero-order valence-electron chi connectivity index (χ0n) is 23.2. The molecule has 0 radical (unpaired) electrons. The first-order chi connectivity index (χ1) is 20.2. The lowest BCUT2D eigenvalue weighted by atomic mass is 10.1. The van der Waals surface area contributed by atoms with Crippen molar-refractivity contribution >= 4 is 50.0 Å². The SMILES string of the molecule is COc1cc(Nc2nc3ccccc3nc2NS(=O)(=O)c2cccc(NC(=O)Cc3ccc(C)cc3)c2)cc(OC)c1. The summed E-state index contributed by atoms with van der Waals surface area (Å²) < 4.78 is 40.4. The number of aryl methyl sites for hydroxylation is 1. The Morgan fingerprint density at radius 1 is 0.762 bits per heavy atom. The number of hydrogen-bond acceptors (Lipinski definition) is 8. The number of nitrogens with zero attached hydrogens (tertiary/aromatic N) is 2. The van der Waals surface area contributed by atoms with Crippen LogP contribution in [0, 0.1) is 6.92 Å². The first-order valence-electron chi connectivity index (χ1n) is 13.0. The number of rotatable bonds is 10. The van der Waals surface area contributed by atoms with Gasteiger partial charge in [-0.3, -0.25) is 9.52 Å². The van der Waals surface area contributed by atoms with Crippen molar-refractivity contribution in [1.82, 2.24) is 9.97 Å². The number of aromatic nitrogens is 2. The number of carbonyl (C=O) groups excluding carboxylic acids is 1. The van der Waals surface area contributed by atoms with Crippen molar-refractivity contribution in [2.75, 3.05) is 29.6 Å². The fourth-order valence-electron chi connectivity index (χ4n) is 4.20. The molecule has 1 amide bonds. The standard InChI is InChI=1S/C31H29N5O5S/c1-20-11-13-21(14-12-20)15-29(37)32-22-7-6-8-26(18-22)42(38,39)36-31-30(34-27-9-4-5-10-28(27)35-31)33-23-16-24(40-2)19-25(17-23)41-3/h4-14,16-19H,15H2,1-3H3,(H,32,37)(H,33,34)(H,35,36). The fourth-order valence-corrected chi connectivity index (χ4v) is 5.25. The molecular formula is C31H29N5O5S. The van der Waals surface area contributed by atoms with E-state index in [1.807, 2.05) is 37.3 Å². The normalized spacial score (nSPS) is 11.1. The summed E-state index contributed by atoms with van der Waals surface area (Å²) in [5.74, 6) is 0.976. The summed E-state index contributed by atoms with van der Waals surface area (Å²) in [6.45, 7) is 1.97. The van der Waals surface area contributed by atoms with Crippen LogP contribution < -0.4 is 24.8 Å². The number of amides is 1. The third-order valence-electron chi connectivity index (χ3n) is 6.33. The Bertz CT molecular complexity index is 1840. The molecule has 0 aliphatic rings. The van der Waals surface area contributed by atoms with Crippen molar-refractivity contribution in [2.45, 2.75) is 18.2 Å². The van der Waals surface area contributed by atoms with Crippen LogP contribution in [0.3, 0.4) is 0 Å². The number of anilines is 4. The van der Waals surface area contributed by atoms with Gasteiger partial charge in [-0.1, -0.05) is 48.0 Å². The summed E-state index contributed by atoms with van der Waals surface area (Å²) in [5.41, 5.74) is 3.92. The lowest BCUT2D eigenvalue weighted by Crippen LogP contribution is -2.17. The molecule has 0 unspecified atom stereocenters. The van der Waals surface area contributed by atoms with Crippen molar-refractivity contribution < 1.29 is 22.7 Å². The van der Waals surface area contributed by atoms with Gasteiger partial charge in [0.05, 0.1) is 36.6 Å². The highest BCUT2D eigenvalue weighted by molar-refractivity contribution is 7.92. The fraction of sp³-hybridized carbons (Fsp3) is 0.129. The van der Waals surface area contributed by atoms with Gasteiger partial charge in [-0.25, -0.2) is 18.4 Å². The number of carbonyl (C=O) groups is 1. The molecule has 0 aliphatic carbocycles. The van der Waals surface area contributed by atoms with E-state index in [2.05, 4.69) is 25.3 Å². The molecule has 5 rings (SSSR count). The number of nitrogens with one attached hydrogen (secondary N) is 3. The Hall–Kier alpha value is -5.16. The molecule has 0 fully saturated rings. The minimum absolute atomic E-state index is 0.00991. The second kappa shape index (κ2) is 12.1. The molecule has 42 heavy (non-hydrogen) atoms. The van der Waals surface area contributed by atoms with Gasteiger partial charge in [0.15, 0.2) is 11.6 Å². The molecule has 1 heterocycles. The molecule has 4 aromatic carbocycles. The van der Waals surface area contributed by atoms with Gasteiger partial charge >= 0.3 is 0 Å². The topological polar surface area (TPSA) is 132 Å². The van der Waals surface area contributed by atoms with Crippen molar-refractivity contribution in [3.8, 4) is 11.5 Å². The highest BCUT2D eigenvalue weighted by Crippen LogP contribution is 2.31. The van der Waals surface area contributed by atoms with Crippen LogP contribution >= 0.6 is 0 Å². The van der Waals surface area contributed by atoms with Gasteiger partial charge in [-0.2, -0.15) is 0 Å². The van der Waals surface area contributed by atoms with Gasteiger partial charge < -0.3 is 20.1 Å². The third kappa shape index (κ3) is 6.76. The summed E-state index contributed by atoms with van der Waals surface area (Å²) in [5, 5.41) is 5.91. The summed E-state index contributed by atoms with van der Waals surface area (Å²) in [6.07, 6.45) is 0.159. The smallest absolute Gasteiger partial charge is 0.263 e. The zero-order valence-corrected chi connectivity index (χ0v) is 24.0. The number of methoxy groups -OCH3 is 2. The highest BCUT2D eigenvalue weighted by atomic mass is 32.2. The second-order valence-electron chi connectivity index (χ2n) is 9.48. The Morgan fingerprint density at radius 3 is 2.05 bits per heavy atom. The predicted molar refractivity (Wildman–Crippen MR) is 163 cm³/mol. The van der Waals surface area contributed by atoms with Crippen LogP contribution in [0.4, 0.5) is 23.0 Å². The van der Waals surface area contributed by atoms with Gasteiger partial charge in [-0.15, -0.1) is 0 Å². The van der Waals surface area contributed by atoms with E-state index in [9.17, 15) is 13.2 Å². The molecule has 5 aromatic rings. The first kappa shape index (κ1) is 28.4. The quantitative estimate of drug-likeness (QED) is 0.191. The van der Waals surface area contributed by atoms with Gasteiger partial charge in [-0.05, 0) is 42.8 Å². The van der Waals surface area contributed by atoms with E-state index in [0.717, 1.165) is 11.1 Å². The maximum Gasteiger partial charge on any atom is 0.263 e. The zero-order chi connectivity index (χ0) is 29.7. The number of fused-ring (bicyclic) bond motifs is 1. The van der Waals surface area contributed by atoms with E-state index in [1.165, 1.54) is 26.4 Å². The van der Waals surface area contributed by atoms with Crippen LogP contribution in [0.1, 0.15) is 11.1 Å². The van der Waals surface area contributed by atoms with Crippen molar-refractivity contribution in [2.24, 2.45) is 0 Å². The van der Waals surface area contributed by atoms with E-state index >= 15 is 0 Å². The molecule has 0 bridgehead atoms. The summed E-state index contributed by atoms with van der Waals surface area (Å²) in [6, 6.07) is 25.9. The lowest BCUT2D eigenvalue weighted by Gasteiger charge is -2.15. The van der Waals surface area contributed by atoms with Gasteiger partial charge in [0.2, 0.25) is 5.91 Å². The lowest BCUT2D eigenvalue weighted by molar-refractivity contribution is -0.115. The largest absolute Gasteiger partial charge is 0.497 e. The third-order valence-corrected chi connectivity index (χ3v) is 7.67. The molecular weight excluding hydrogens is 554 g/mol. The monoisotopic (exact) mass is 583 g/mol. The molecule has 11 heteroatoms. The first-order valence-corrected chi connectivity index (χ1v) is 14.5. The van der Waals surface area contributed by atoms with Gasteiger partial charge in [0.25, 0.3) is 10.0 Å². The molecule has 0 saturated carbocycles. The summed E-state index contributed by atoms with van der Waals surface area (Å²) in [7, 11) is -1.07. The highest BCUT2D eigenvalue weighted by Gasteiger charge is 2.20. The number of sulfonamides is 1. The van der Waals surface area contributed by atoms with E-state index < -0.39 is 10.0 Å². The minimum atomic E-state index is -4.14. The number of benzene rings is 4. The predicted octanol–water partition coefficient (Wildman–Crippen LogP) is 5.68. The molecule has 10 nitrogen and oxygen atoms in total. The number of hydrogen-bond donors (Lipinski definition) is 3. The molecule has 214 valence electrons. The Labute approximate surface area is 243 Å². The maximum absolute atomic E-state index is 13.5. The Kier molecular flexibility index (Phi) is 8.21. The molecule has 0 aliphatic heterocycles. The van der Waals surface area contributed by atoms with Crippen LogP contribution in [0.2, 0.25) is 0 Å². The Morgan fingerprint density at radius 2 is 1.40 bits per heavy atom. The average Bonchev–Trinajstić information content (AvgIpc) is 2.98. The van der Waals surface area contributed by atoms with Gasteiger partial charge in [0, 0.05) is 29.6 Å². The molecule has 0 saturated heterocycles. The van der Waals surface area contributed by atoms with E-state index in [0.29, 0.717) is 33.9 Å². The van der Waals surface area contributed by atoms with Crippen LogP contribution in [0.5, 0.6) is 11.5 Å². The van der Waals surface area contributed by atoms with Crippen LogP contribution in [0.25, 0.3) is 11.0 Å².